The lowest BCUT2D eigenvalue weighted by Crippen LogP contribution is -2.46. The number of carbonyl (C=O) groups is 3. The molecule has 3 amide bonds. The quantitative estimate of drug-likeness (QED) is 0.391. The van der Waals surface area contributed by atoms with Gasteiger partial charge in [0, 0.05) is 13.1 Å². The standard InChI is InChI=1S/C21H23BrN2O6S/c1-3-7-30-19-15(22)10-14(11-16(19)29-4-2)12-17-20(26)24(21(27)31-17)13-18(25)23-5-8-28-9-6-23/h3,10-12H,1,4-9,13H2,2H3/b17-12+. The summed E-state index contributed by atoms with van der Waals surface area (Å²) >= 11 is 4.28. The van der Waals surface area contributed by atoms with E-state index in [0.717, 1.165) is 16.7 Å². The maximum absolute atomic E-state index is 12.8. The zero-order valence-electron chi connectivity index (χ0n) is 17.1. The van der Waals surface area contributed by atoms with E-state index in [0.29, 0.717) is 61.1 Å². The van der Waals surface area contributed by atoms with Crippen molar-refractivity contribution in [3.05, 3.63) is 39.7 Å². The molecule has 0 atom stereocenters. The van der Waals surface area contributed by atoms with Crippen LogP contribution < -0.4 is 9.47 Å². The zero-order chi connectivity index (χ0) is 22.4. The number of nitrogens with zero attached hydrogens (tertiary/aromatic N) is 2. The Bertz CT molecular complexity index is 913. The fraction of sp³-hybridized carbons (Fsp3) is 0.381. The molecule has 0 saturated carbocycles. The number of thioether (sulfide) groups is 1. The van der Waals surface area contributed by atoms with E-state index in [1.54, 1.807) is 29.2 Å². The van der Waals surface area contributed by atoms with Crippen molar-refractivity contribution < 1.29 is 28.6 Å². The number of amides is 3. The monoisotopic (exact) mass is 510 g/mol. The number of carbonyl (C=O) groups excluding carboxylic acids is 3. The van der Waals surface area contributed by atoms with Gasteiger partial charge in [-0.25, -0.2) is 0 Å². The van der Waals surface area contributed by atoms with Crippen LogP contribution in [0.4, 0.5) is 4.79 Å². The molecule has 0 unspecified atom stereocenters. The van der Waals surface area contributed by atoms with Gasteiger partial charge < -0.3 is 19.1 Å². The molecule has 166 valence electrons. The predicted molar refractivity (Wildman–Crippen MR) is 121 cm³/mol. The molecule has 2 fully saturated rings. The third-order valence-corrected chi connectivity index (χ3v) is 6.00. The number of morpholine rings is 1. The summed E-state index contributed by atoms with van der Waals surface area (Å²) in [6, 6.07) is 3.51. The number of rotatable bonds is 8. The summed E-state index contributed by atoms with van der Waals surface area (Å²) in [5.41, 5.74) is 0.659. The molecule has 0 N–H and O–H groups in total. The second-order valence-corrected chi connectivity index (χ2v) is 8.47. The van der Waals surface area contributed by atoms with Crippen molar-refractivity contribution in [2.75, 3.05) is 46.1 Å². The van der Waals surface area contributed by atoms with E-state index in [4.69, 9.17) is 14.2 Å². The number of imide groups is 1. The van der Waals surface area contributed by atoms with Gasteiger partial charge in [0.05, 0.1) is 29.2 Å². The second kappa shape index (κ2) is 10.8. The van der Waals surface area contributed by atoms with E-state index in [1.165, 1.54) is 0 Å². The number of hydrogen-bond donors (Lipinski definition) is 0. The lowest BCUT2D eigenvalue weighted by atomic mass is 10.2. The first-order valence-corrected chi connectivity index (χ1v) is 11.4. The Labute approximate surface area is 193 Å². The van der Waals surface area contributed by atoms with Crippen LogP contribution in [0.1, 0.15) is 12.5 Å². The Morgan fingerprint density at radius 1 is 1.29 bits per heavy atom. The Morgan fingerprint density at radius 2 is 2.03 bits per heavy atom. The van der Waals surface area contributed by atoms with E-state index in [9.17, 15) is 14.4 Å². The smallest absolute Gasteiger partial charge is 0.294 e. The molecule has 2 saturated heterocycles. The van der Waals surface area contributed by atoms with Gasteiger partial charge in [0.2, 0.25) is 5.91 Å². The van der Waals surface area contributed by atoms with Crippen molar-refractivity contribution in [1.29, 1.82) is 0 Å². The number of hydrogen-bond acceptors (Lipinski definition) is 7. The first kappa shape index (κ1) is 23.4. The number of ether oxygens (including phenoxy) is 3. The van der Waals surface area contributed by atoms with Gasteiger partial charge in [0.1, 0.15) is 13.2 Å². The molecular formula is C21H23BrN2O6S. The third-order valence-electron chi connectivity index (χ3n) is 4.51. The fourth-order valence-corrected chi connectivity index (χ4v) is 4.46. The highest BCUT2D eigenvalue weighted by molar-refractivity contribution is 9.10. The minimum absolute atomic E-state index is 0.244. The zero-order valence-corrected chi connectivity index (χ0v) is 19.5. The van der Waals surface area contributed by atoms with E-state index in [-0.39, 0.29) is 17.4 Å². The topological polar surface area (TPSA) is 85.4 Å². The summed E-state index contributed by atoms with van der Waals surface area (Å²) in [6.45, 7) is 7.79. The van der Waals surface area contributed by atoms with E-state index < -0.39 is 11.1 Å². The fourth-order valence-electron chi connectivity index (χ4n) is 3.05. The van der Waals surface area contributed by atoms with Crippen molar-refractivity contribution in [3.63, 3.8) is 0 Å². The van der Waals surface area contributed by atoms with Crippen LogP contribution in [0, 0.1) is 0 Å². The van der Waals surface area contributed by atoms with Gasteiger partial charge in [0.25, 0.3) is 11.1 Å². The largest absolute Gasteiger partial charge is 0.490 e. The molecule has 2 aliphatic rings. The van der Waals surface area contributed by atoms with Crippen LogP contribution in [-0.2, 0) is 14.3 Å². The van der Waals surface area contributed by atoms with Crippen LogP contribution in [0.2, 0.25) is 0 Å². The van der Waals surface area contributed by atoms with Gasteiger partial charge in [-0.1, -0.05) is 12.7 Å². The summed E-state index contributed by atoms with van der Waals surface area (Å²) in [5, 5.41) is -0.465. The summed E-state index contributed by atoms with van der Waals surface area (Å²) in [4.78, 5) is 40.4. The van der Waals surface area contributed by atoms with Crippen molar-refractivity contribution >= 4 is 50.8 Å². The average molecular weight is 511 g/mol. The van der Waals surface area contributed by atoms with Crippen molar-refractivity contribution in [2.45, 2.75) is 6.92 Å². The SMILES string of the molecule is C=CCOc1c(Br)cc(/C=C2/SC(=O)N(CC(=O)N3CCOCC3)C2=O)cc1OCC. The van der Waals surface area contributed by atoms with Gasteiger partial charge in [-0.2, -0.15) is 0 Å². The third kappa shape index (κ3) is 5.69. The van der Waals surface area contributed by atoms with Crippen LogP contribution in [0.3, 0.4) is 0 Å². The van der Waals surface area contributed by atoms with Gasteiger partial charge >= 0.3 is 0 Å². The second-order valence-electron chi connectivity index (χ2n) is 6.62. The molecule has 0 bridgehead atoms. The van der Waals surface area contributed by atoms with Crippen molar-refractivity contribution in [1.82, 2.24) is 9.80 Å². The molecule has 31 heavy (non-hydrogen) atoms. The first-order chi connectivity index (χ1) is 14.9. The Hall–Kier alpha value is -2.30. The van der Waals surface area contributed by atoms with Crippen LogP contribution in [0.25, 0.3) is 6.08 Å². The van der Waals surface area contributed by atoms with Crippen LogP contribution in [0.15, 0.2) is 34.2 Å². The van der Waals surface area contributed by atoms with Gasteiger partial charge in [-0.3, -0.25) is 19.3 Å². The Kier molecular flexibility index (Phi) is 8.16. The summed E-state index contributed by atoms with van der Waals surface area (Å²) in [5.74, 6) is 0.282. The van der Waals surface area contributed by atoms with Crippen LogP contribution >= 0.6 is 27.7 Å². The molecule has 0 radical (unpaired) electrons. The van der Waals surface area contributed by atoms with E-state index in [1.807, 2.05) is 6.92 Å². The van der Waals surface area contributed by atoms with Gasteiger partial charge in [0.15, 0.2) is 11.5 Å². The molecule has 3 rings (SSSR count). The van der Waals surface area contributed by atoms with Gasteiger partial charge in [-0.05, 0) is 58.4 Å². The van der Waals surface area contributed by atoms with Crippen molar-refractivity contribution in [2.24, 2.45) is 0 Å². The molecular weight excluding hydrogens is 488 g/mol. The number of benzene rings is 1. The summed E-state index contributed by atoms with van der Waals surface area (Å²) in [6.07, 6.45) is 3.24. The lowest BCUT2D eigenvalue weighted by Gasteiger charge is -2.28. The number of halogens is 1. The molecule has 2 aliphatic heterocycles. The molecule has 0 spiro atoms. The molecule has 1 aromatic carbocycles. The van der Waals surface area contributed by atoms with Crippen LogP contribution in [0.5, 0.6) is 11.5 Å². The first-order valence-electron chi connectivity index (χ1n) is 9.75. The maximum atomic E-state index is 12.8. The molecule has 0 aliphatic carbocycles. The lowest BCUT2D eigenvalue weighted by molar-refractivity contribution is -0.139. The van der Waals surface area contributed by atoms with Crippen molar-refractivity contribution in [3.8, 4) is 11.5 Å². The Morgan fingerprint density at radius 3 is 2.71 bits per heavy atom. The Balaban J connectivity index is 1.78. The summed E-state index contributed by atoms with van der Waals surface area (Å²) < 4.78 is 17.2. The van der Waals surface area contributed by atoms with E-state index in [2.05, 4.69) is 22.5 Å². The predicted octanol–water partition coefficient (Wildman–Crippen LogP) is 3.31. The maximum Gasteiger partial charge on any atom is 0.294 e. The van der Waals surface area contributed by atoms with Gasteiger partial charge in [-0.15, -0.1) is 0 Å². The molecule has 1 aromatic rings. The van der Waals surface area contributed by atoms with Crippen LogP contribution in [-0.4, -0.2) is 72.9 Å². The molecule has 2 heterocycles. The highest BCUT2D eigenvalue weighted by atomic mass is 79.9. The van der Waals surface area contributed by atoms with E-state index >= 15 is 0 Å². The summed E-state index contributed by atoms with van der Waals surface area (Å²) in [7, 11) is 0. The minimum atomic E-state index is -0.488. The minimum Gasteiger partial charge on any atom is -0.490 e. The molecule has 8 nitrogen and oxygen atoms in total. The highest BCUT2D eigenvalue weighted by Crippen LogP contribution is 2.39. The molecule has 10 heteroatoms. The normalized spacial score (nSPS) is 17.9. The average Bonchev–Trinajstić information content (AvgIpc) is 3.01. The highest BCUT2D eigenvalue weighted by Gasteiger charge is 2.37. The molecule has 0 aromatic heterocycles.